The molecule has 2 saturated heterocycles. The molecule has 0 aromatic rings. The van der Waals surface area contributed by atoms with Crippen molar-refractivity contribution in [1.29, 1.82) is 0 Å². The zero-order valence-corrected chi connectivity index (χ0v) is 11.7. The van der Waals surface area contributed by atoms with Crippen LogP contribution in [0.25, 0.3) is 0 Å². The van der Waals surface area contributed by atoms with Crippen LogP contribution in [0.2, 0.25) is 0 Å². The lowest BCUT2D eigenvalue weighted by Gasteiger charge is -2.53. The summed E-state index contributed by atoms with van der Waals surface area (Å²) in [4.78, 5) is 12.4. The fourth-order valence-electron chi connectivity index (χ4n) is 3.05. The molecule has 0 aromatic carbocycles. The van der Waals surface area contributed by atoms with Gasteiger partial charge in [0, 0.05) is 11.5 Å². The molecule has 2 unspecified atom stereocenters. The minimum absolute atomic E-state index is 0.0959. The lowest BCUT2D eigenvalue weighted by atomic mass is 9.65. The van der Waals surface area contributed by atoms with E-state index in [4.69, 9.17) is 9.47 Å². The van der Waals surface area contributed by atoms with Gasteiger partial charge in [-0.15, -0.1) is 0 Å². The zero-order chi connectivity index (χ0) is 13.4. The highest BCUT2D eigenvalue weighted by atomic mass is 16.5. The number of rotatable bonds is 3. The molecular weight excluding hydrogens is 228 g/mol. The molecule has 18 heavy (non-hydrogen) atoms. The molecule has 3 aliphatic rings. The third kappa shape index (κ3) is 2.12. The first kappa shape index (κ1) is 13.3. The van der Waals surface area contributed by atoms with Crippen LogP contribution in [0.5, 0.6) is 0 Å². The summed E-state index contributed by atoms with van der Waals surface area (Å²) in [6.07, 6.45) is 7.31. The first-order chi connectivity index (χ1) is 8.41. The standard InChI is InChI=1S/C15H22O3/c1-5-6-9-17-10-11-12-7-8-15(4,13(11)16)18-14(12,2)3/h5-6,10,12H,7-9H2,1-4H3/b6-5+,11-10-. The molecule has 3 rings (SSSR count). The maximum atomic E-state index is 12.4. The van der Waals surface area contributed by atoms with Crippen molar-refractivity contribution in [3.05, 3.63) is 24.0 Å². The van der Waals surface area contributed by atoms with Crippen LogP contribution in [-0.2, 0) is 14.3 Å². The topological polar surface area (TPSA) is 35.5 Å². The van der Waals surface area contributed by atoms with Gasteiger partial charge in [-0.05, 0) is 40.5 Å². The van der Waals surface area contributed by atoms with Crippen LogP contribution in [0.3, 0.4) is 0 Å². The Balaban J connectivity index is 2.22. The third-order valence-electron chi connectivity index (χ3n) is 3.99. The summed E-state index contributed by atoms with van der Waals surface area (Å²) in [5.74, 6) is 0.246. The van der Waals surface area contributed by atoms with Gasteiger partial charge < -0.3 is 9.47 Å². The van der Waals surface area contributed by atoms with E-state index in [2.05, 4.69) is 13.8 Å². The Morgan fingerprint density at radius 3 is 2.78 bits per heavy atom. The molecule has 2 aliphatic heterocycles. The predicted octanol–water partition coefficient (Wildman–Crippen LogP) is 3.01. The summed E-state index contributed by atoms with van der Waals surface area (Å²) >= 11 is 0. The SMILES string of the molecule is C/C=C/CO/C=C1\C(=O)C2(C)CCC1C(C)(C)O2. The molecule has 2 atom stereocenters. The van der Waals surface area contributed by atoms with Crippen LogP contribution in [-0.4, -0.2) is 23.6 Å². The number of carbonyl (C=O) groups excluding carboxylic acids is 1. The summed E-state index contributed by atoms with van der Waals surface area (Å²) in [6.45, 7) is 8.47. The Hall–Kier alpha value is -1.09. The molecule has 100 valence electrons. The lowest BCUT2D eigenvalue weighted by Crippen LogP contribution is -2.60. The van der Waals surface area contributed by atoms with E-state index in [-0.39, 0.29) is 17.3 Å². The van der Waals surface area contributed by atoms with Gasteiger partial charge in [-0.2, -0.15) is 0 Å². The van der Waals surface area contributed by atoms with Crippen LogP contribution in [0.15, 0.2) is 24.0 Å². The smallest absolute Gasteiger partial charge is 0.193 e. The number of ether oxygens (including phenoxy) is 2. The molecule has 2 bridgehead atoms. The number of allylic oxidation sites excluding steroid dienone is 1. The van der Waals surface area contributed by atoms with Gasteiger partial charge in [0.2, 0.25) is 0 Å². The average molecular weight is 250 g/mol. The fourth-order valence-corrected chi connectivity index (χ4v) is 3.05. The largest absolute Gasteiger partial charge is 0.497 e. The van der Waals surface area contributed by atoms with Crippen LogP contribution in [0, 0.1) is 5.92 Å². The predicted molar refractivity (Wildman–Crippen MR) is 70.1 cm³/mol. The summed E-state index contributed by atoms with van der Waals surface area (Å²) in [5.41, 5.74) is -0.144. The van der Waals surface area contributed by atoms with Crippen LogP contribution >= 0.6 is 0 Å². The Bertz CT molecular complexity index is 406. The van der Waals surface area contributed by atoms with Crippen molar-refractivity contribution in [3.8, 4) is 0 Å². The Morgan fingerprint density at radius 1 is 1.44 bits per heavy atom. The third-order valence-corrected chi connectivity index (χ3v) is 3.99. The highest BCUT2D eigenvalue weighted by Crippen LogP contribution is 2.50. The summed E-state index contributed by atoms with van der Waals surface area (Å²) < 4.78 is 11.4. The summed E-state index contributed by atoms with van der Waals surface area (Å²) in [5, 5.41) is 0. The highest BCUT2D eigenvalue weighted by Gasteiger charge is 2.56. The van der Waals surface area contributed by atoms with Gasteiger partial charge in [0.25, 0.3) is 0 Å². The molecular formula is C15H22O3. The highest BCUT2D eigenvalue weighted by molar-refractivity contribution is 6.03. The monoisotopic (exact) mass is 250 g/mol. The number of hydrogen-bond acceptors (Lipinski definition) is 3. The second kappa shape index (κ2) is 4.54. The van der Waals surface area contributed by atoms with E-state index in [1.807, 2.05) is 26.0 Å². The number of carbonyl (C=O) groups is 1. The molecule has 1 aliphatic carbocycles. The lowest BCUT2D eigenvalue weighted by molar-refractivity contribution is -0.207. The Labute approximate surface area is 109 Å². The molecule has 0 spiro atoms. The van der Waals surface area contributed by atoms with Gasteiger partial charge in [-0.1, -0.05) is 12.2 Å². The van der Waals surface area contributed by atoms with Crippen LogP contribution < -0.4 is 0 Å². The number of hydrogen-bond donors (Lipinski definition) is 0. The van der Waals surface area contributed by atoms with Crippen LogP contribution in [0.4, 0.5) is 0 Å². The van der Waals surface area contributed by atoms with Gasteiger partial charge in [-0.3, -0.25) is 4.79 Å². The molecule has 2 heterocycles. The minimum Gasteiger partial charge on any atom is -0.497 e. The van der Waals surface area contributed by atoms with E-state index >= 15 is 0 Å². The number of ketones is 1. The van der Waals surface area contributed by atoms with Gasteiger partial charge in [0.15, 0.2) is 5.78 Å². The quantitative estimate of drug-likeness (QED) is 0.334. The van der Waals surface area contributed by atoms with Gasteiger partial charge in [-0.25, -0.2) is 0 Å². The molecule has 0 radical (unpaired) electrons. The van der Waals surface area contributed by atoms with E-state index in [1.165, 1.54) is 0 Å². The van der Waals surface area contributed by atoms with E-state index in [1.54, 1.807) is 6.26 Å². The molecule has 0 N–H and O–H groups in total. The van der Waals surface area contributed by atoms with Crippen molar-refractivity contribution in [2.24, 2.45) is 5.92 Å². The van der Waals surface area contributed by atoms with E-state index in [0.29, 0.717) is 6.61 Å². The Kier molecular flexibility index (Phi) is 3.37. The van der Waals surface area contributed by atoms with Crippen molar-refractivity contribution >= 4 is 5.78 Å². The van der Waals surface area contributed by atoms with Crippen LogP contribution in [0.1, 0.15) is 40.5 Å². The zero-order valence-electron chi connectivity index (χ0n) is 11.7. The number of Topliss-reactive ketones (excluding diaryl/α,β-unsaturated/α-hetero) is 1. The fraction of sp³-hybridized carbons (Fsp3) is 0.667. The van der Waals surface area contributed by atoms with Gasteiger partial charge >= 0.3 is 0 Å². The first-order valence-corrected chi connectivity index (χ1v) is 6.58. The summed E-state index contributed by atoms with van der Waals surface area (Å²) in [7, 11) is 0. The average Bonchev–Trinajstić information content (AvgIpc) is 2.27. The van der Waals surface area contributed by atoms with E-state index in [0.717, 1.165) is 18.4 Å². The molecule has 3 fully saturated rings. The second-order valence-electron chi connectivity index (χ2n) is 5.83. The van der Waals surface area contributed by atoms with E-state index in [9.17, 15) is 4.79 Å². The second-order valence-corrected chi connectivity index (χ2v) is 5.83. The maximum absolute atomic E-state index is 12.4. The molecule has 3 heteroatoms. The normalized spacial score (nSPS) is 36.6. The number of fused-ring (bicyclic) bond motifs is 3. The maximum Gasteiger partial charge on any atom is 0.193 e. The van der Waals surface area contributed by atoms with Crippen molar-refractivity contribution in [3.63, 3.8) is 0 Å². The van der Waals surface area contributed by atoms with Crippen molar-refractivity contribution in [1.82, 2.24) is 0 Å². The van der Waals surface area contributed by atoms with E-state index < -0.39 is 5.60 Å². The minimum atomic E-state index is -0.659. The Morgan fingerprint density at radius 2 is 2.17 bits per heavy atom. The molecule has 0 amide bonds. The van der Waals surface area contributed by atoms with Crippen molar-refractivity contribution in [2.45, 2.75) is 51.7 Å². The van der Waals surface area contributed by atoms with Gasteiger partial charge in [0.05, 0.1) is 11.9 Å². The summed E-state index contributed by atoms with van der Waals surface area (Å²) in [6, 6.07) is 0. The van der Waals surface area contributed by atoms with Crippen molar-refractivity contribution in [2.75, 3.05) is 6.61 Å². The molecule has 1 saturated carbocycles. The first-order valence-electron chi connectivity index (χ1n) is 6.58. The van der Waals surface area contributed by atoms with Crippen molar-refractivity contribution < 1.29 is 14.3 Å². The molecule has 3 nitrogen and oxygen atoms in total. The van der Waals surface area contributed by atoms with Gasteiger partial charge in [0.1, 0.15) is 12.2 Å². The molecule has 0 aromatic heterocycles.